The molecule has 2 aromatic carbocycles. The van der Waals surface area contributed by atoms with Crippen molar-refractivity contribution in [3.63, 3.8) is 0 Å². The van der Waals surface area contributed by atoms with Crippen molar-refractivity contribution in [3.8, 4) is 0 Å². The highest BCUT2D eigenvalue weighted by molar-refractivity contribution is 9.09. The van der Waals surface area contributed by atoms with Gasteiger partial charge in [0.1, 0.15) is 0 Å². The Bertz CT molecular complexity index is 623. The average molecular weight is 379 g/mol. The number of hydrogen-bond donors (Lipinski definition) is 0. The van der Waals surface area contributed by atoms with Crippen molar-refractivity contribution >= 4 is 50.7 Å². The molecule has 0 aliphatic rings. The minimum atomic E-state index is -0.0782. The molecular weight excluding hydrogens is 366 g/mol. The van der Waals surface area contributed by atoms with Gasteiger partial charge >= 0.3 is 0 Å². The van der Waals surface area contributed by atoms with Gasteiger partial charge in [-0.1, -0.05) is 68.9 Å². The van der Waals surface area contributed by atoms with Crippen LogP contribution in [0.3, 0.4) is 0 Å². The van der Waals surface area contributed by atoms with Crippen molar-refractivity contribution in [1.29, 1.82) is 0 Å². The molecule has 0 nitrogen and oxygen atoms in total. The molecule has 0 bridgehead atoms. The van der Waals surface area contributed by atoms with Gasteiger partial charge in [0.2, 0.25) is 0 Å². The number of rotatable bonds is 2. The van der Waals surface area contributed by atoms with Crippen molar-refractivity contribution < 1.29 is 0 Å². The summed E-state index contributed by atoms with van der Waals surface area (Å²) in [7, 11) is 0. The van der Waals surface area contributed by atoms with Crippen LogP contribution in [0.1, 0.15) is 27.1 Å². The van der Waals surface area contributed by atoms with Crippen LogP contribution in [0.2, 0.25) is 15.1 Å². The molecule has 100 valence electrons. The summed E-state index contributed by atoms with van der Waals surface area (Å²) in [5.41, 5.74) is 4.28. The Morgan fingerprint density at radius 2 is 1.53 bits per heavy atom. The molecule has 0 saturated carbocycles. The molecule has 0 saturated heterocycles. The van der Waals surface area contributed by atoms with Gasteiger partial charge in [0.15, 0.2) is 0 Å². The second kappa shape index (κ2) is 6.05. The van der Waals surface area contributed by atoms with E-state index in [4.69, 9.17) is 34.8 Å². The fourth-order valence-corrected chi connectivity index (χ4v) is 3.65. The third-order valence-electron chi connectivity index (χ3n) is 3.14. The van der Waals surface area contributed by atoms with E-state index >= 15 is 0 Å². The predicted molar refractivity (Wildman–Crippen MR) is 88.2 cm³/mol. The fraction of sp³-hybridized carbons (Fsp3) is 0.200. The van der Waals surface area contributed by atoms with E-state index in [9.17, 15) is 0 Å². The molecule has 1 unspecified atom stereocenters. The number of benzene rings is 2. The van der Waals surface area contributed by atoms with Gasteiger partial charge in [-0.25, -0.2) is 0 Å². The molecular formula is C15H12BrCl3. The summed E-state index contributed by atoms with van der Waals surface area (Å²) >= 11 is 22.3. The molecule has 2 aromatic rings. The van der Waals surface area contributed by atoms with Crippen molar-refractivity contribution in [1.82, 2.24) is 0 Å². The summed E-state index contributed by atoms with van der Waals surface area (Å²) < 4.78 is 0. The largest absolute Gasteiger partial charge is 0.0840 e. The first-order valence-corrected chi connectivity index (χ1v) is 7.81. The van der Waals surface area contributed by atoms with E-state index in [0.717, 1.165) is 16.1 Å². The SMILES string of the molecule is Cc1cc(Cl)c(C(Br)c2cccc(Cl)c2Cl)cc1C. The van der Waals surface area contributed by atoms with Crippen LogP contribution in [-0.2, 0) is 0 Å². The Labute approximate surface area is 136 Å². The minimum absolute atomic E-state index is 0.0782. The summed E-state index contributed by atoms with van der Waals surface area (Å²) in [5, 5.41) is 1.82. The van der Waals surface area contributed by atoms with Crippen LogP contribution in [0.5, 0.6) is 0 Å². The topological polar surface area (TPSA) is 0 Å². The van der Waals surface area contributed by atoms with Crippen LogP contribution in [-0.4, -0.2) is 0 Å². The lowest BCUT2D eigenvalue weighted by molar-refractivity contribution is 1.16. The number of alkyl halides is 1. The summed E-state index contributed by atoms with van der Waals surface area (Å²) in [6, 6.07) is 9.65. The molecule has 19 heavy (non-hydrogen) atoms. The van der Waals surface area contributed by atoms with Crippen molar-refractivity contribution in [3.05, 3.63) is 67.7 Å². The van der Waals surface area contributed by atoms with Crippen molar-refractivity contribution in [2.24, 2.45) is 0 Å². The van der Waals surface area contributed by atoms with Gasteiger partial charge in [0.25, 0.3) is 0 Å². The Kier molecular flexibility index (Phi) is 4.84. The summed E-state index contributed by atoms with van der Waals surface area (Å²) in [6.45, 7) is 4.11. The lowest BCUT2D eigenvalue weighted by atomic mass is 10.00. The molecule has 1 atom stereocenters. The van der Waals surface area contributed by atoms with E-state index in [0.29, 0.717) is 10.0 Å². The zero-order chi connectivity index (χ0) is 14.2. The standard InChI is InChI=1S/C15H12BrCl3/c1-8-6-11(13(18)7-9(8)2)14(16)10-4-3-5-12(17)15(10)19/h3-7,14H,1-2H3. The highest BCUT2D eigenvalue weighted by atomic mass is 79.9. The van der Waals surface area contributed by atoms with Gasteiger partial charge in [-0.05, 0) is 48.2 Å². The normalized spacial score (nSPS) is 12.5. The highest BCUT2D eigenvalue weighted by Gasteiger charge is 2.18. The van der Waals surface area contributed by atoms with Crippen LogP contribution in [0.15, 0.2) is 30.3 Å². The Hall–Kier alpha value is -0.210. The molecule has 0 amide bonds. The first-order valence-electron chi connectivity index (χ1n) is 5.76. The predicted octanol–water partition coefficient (Wildman–Crippen LogP) is 6.75. The van der Waals surface area contributed by atoms with Crippen molar-refractivity contribution in [2.75, 3.05) is 0 Å². The molecule has 4 heteroatoms. The fourth-order valence-electron chi connectivity index (χ4n) is 1.88. The first-order chi connectivity index (χ1) is 8.91. The van der Waals surface area contributed by atoms with Gasteiger partial charge in [-0.2, -0.15) is 0 Å². The first kappa shape index (κ1) is 15.2. The maximum absolute atomic E-state index is 6.33. The van der Waals surface area contributed by atoms with E-state index in [-0.39, 0.29) is 4.83 Å². The second-order valence-electron chi connectivity index (χ2n) is 4.46. The lowest BCUT2D eigenvalue weighted by Gasteiger charge is -2.16. The van der Waals surface area contributed by atoms with Gasteiger partial charge in [-0.15, -0.1) is 0 Å². The molecule has 0 fully saturated rings. The monoisotopic (exact) mass is 376 g/mol. The smallest absolute Gasteiger partial charge is 0.0674 e. The zero-order valence-electron chi connectivity index (χ0n) is 10.5. The molecule has 0 radical (unpaired) electrons. The van der Waals surface area contributed by atoms with Crippen LogP contribution in [0, 0.1) is 13.8 Å². The maximum atomic E-state index is 6.33. The van der Waals surface area contributed by atoms with Gasteiger partial charge in [0.05, 0.1) is 14.9 Å². The molecule has 0 heterocycles. The Morgan fingerprint density at radius 3 is 2.21 bits per heavy atom. The Balaban J connectivity index is 2.53. The average Bonchev–Trinajstić information content (AvgIpc) is 2.36. The van der Waals surface area contributed by atoms with Crippen LogP contribution >= 0.6 is 50.7 Å². The molecule has 0 aliphatic carbocycles. The number of aryl methyl sites for hydroxylation is 2. The minimum Gasteiger partial charge on any atom is -0.0840 e. The molecule has 0 aliphatic heterocycles. The summed E-state index contributed by atoms with van der Waals surface area (Å²) in [6.07, 6.45) is 0. The third-order valence-corrected chi connectivity index (χ3v) is 5.29. The summed E-state index contributed by atoms with van der Waals surface area (Å²) in [5.74, 6) is 0. The zero-order valence-corrected chi connectivity index (χ0v) is 14.3. The van der Waals surface area contributed by atoms with Crippen LogP contribution in [0.4, 0.5) is 0 Å². The highest BCUT2D eigenvalue weighted by Crippen LogP contribution is 2.41. The van der Waals surface area contributed by atoms with E-state index in [1.807, 2.05) is 25.1 Å². The molecule has 0 aromatic heterocycles. The molecule has 0 spiro atoms. The van der Waals surface area contributed by atoms with Gasteiger partial charge in [-0.3, -0.25) is 0 Å². The van der Waals surface area contributed by atoms with Gasteiger partial charge in [0, 0.05) is 5.02 Å². The van der Waals surface area contributed by atoms with Crippen LogP contribution < -0.4 is 0 Å². The van der Waals surface area contributed by atoms with Crippen LogP contribution in [0.25, 0.3) is 0 Å². The van der Waals surface area contributed by atoms with Crippen molar-refractivity contribution in [2.45, 2.75) is 18.7 Å². The number of hydrogen-bond acceptors (Lipinski definition) is 0. The lowest BCUT2D eigenvalue weighted by Crippen LogP contribution is -1.97. The quantitative estimate of drug-likeness (QED) is 0.507. The van der Waals surface area contributed by atoms with E-state index < -0.39 is 0 Å². The van der Waals surface area contributed by atoms with E-state index in [1.165, 1.54) is 11.1 Å². The Morgan fingerprint density at radius 1 is 0.895 bits per heavy atom. The van der Waals surface area contributed by atoms with Gasteiger partial charge < -0.3 is 0 Å². The van der Waals surface area contributed by atoms with E-state index in [2.05, 4.69) is 28.9 Å². The molecule has 0 N–H and O–H groups in total. The molecule has 2 rings (SSSR count). The van der Waals surface area contributed by atoms with E-state index in [1.54, 1.807) is 6.07 Å². The number of halogens is 4. The third kappa shape index (κ3) is 3.11. The summed E-state index contributed by atoms with van der Waals surface area (Å²) in [4.78, 5) is -0.0782. The second-order valence-corrected chi connectivity index (χ2v) is 6.57. The maximum Gasteiger partial charge on any atom is 0.0674 e.